The first-order chi connectivity index (χ1) is 8.40. The number of benzene rings is 1. The molecule has 0 fully saturated rings. The maximum atomic E-state index is 7.47. The molecule has 100 valence electrons. The van der Waals surface area contributed by atoms with E-state index in [0.29, 0.717) is 19.8 Å². The zero-order valence-corrected chi connectivity index (χ0v) is 11.3. The van der Waals surface area contributed by atoms with E-state index in [1.165, 1.54) is 0 Å². The molecule has 4 nitrogen and oxygen atoms in total. The summed E-state index contributed by atoms with van der Waals surface area (Å²) in [6.45, 7) is 7.58. The Bertz CT molecular complexity index is 397. The van der Waals surface area contributed by atoms with Crippen LogP contribution in [0.4, 0.5) is 0 Å². The molecule has 0 aliphatic heterocycles. The van der Waals surface area contributed by atoms with E-state index in [1.54, 1.807) is 0 Å². The van der Waals surface area contributed by atoms with Crippen LogP contribution in [0.25, 0.3) is 0 Å². The van der Waals surface area contributed by atoms with Gasteiger partial charge in [-0.05, 0) is 26.3 Å². The van der Waals surface area contributed by atoms with Crippen molar-refractivity contribution in [3.8, 4) is 0 Å². The van der Waals surface area contributed by atoms with Crippen molar-refractivity contribution in [3.63, 3.8) is 0 Å². The predicted octanol–water partition coefficient (Wildman–Crippen LogP) is 2.30. The van der Waals surface area contributed by atoms with Gasteiger partial charge in [0.05, 0.1) is 25.4 Å². The Morgan fingerprint density at radius 2 is 1.89 bits per heavy atom. The Morgan fingerprint density at radius 3 is 2.50 bits per heavy atom. The maximum absolute atomic E-state index is 7.47. The second kappa shape index (κ2) is 6.52. The molecule has 1 aromatic carbocycles. The highest BCUT2D eigenvalue weighted by Gasteiger charge is 2.09. The molecule has 3 N–H and O–H groups in total. The summed E-state index contributed by atoms with van der Waals surface area (Å²) in [7, 11) is 0. The fraction of sp³-hybridized carbons (Fsp3) is 0.500. The summed E-state index contributed by atoms with van der Waals surface area (Å²) in [6, 6.07) is 7.52. The van der Waals surface area contributed by atoms with Gasteiger partial charge in [-0.15, -0.1) is 0 Å². The lowest BCUT2D eigenvalue weighted by molar-refractivity contribution is -0.0376. The van der Waals surface area contributed by atoms with Crippen molar-refractivity contribution in [2.75, 3.05) is 13.2 Å². The summed E-state index contributed by atoms with van der Waals surface area (Å²) >= 11 is 0. The van der Waals surface area contributed by atoms with Crippen LogP contribution in [-0.2, 0) is 16.1 Å². The predicted molar refractivity (Wildman–Crippen MR) is 72.8 cm³/mol. The fourth-order valence-corrected chi connectivity index (χ4v) is 1.50. The van der Waals surface area contributed by atoms with Gasteiger partial charge in [-0.1, -0.05) is 24.3 Å². The molecule has 0 unspecified atom stereocenters. The molecule has 0 aliphatic carbocycles. The first-order valence-electron chi connectivity index (χ1n) is 6.04. The Kier molecular flexibility index (Phi) is 5.31. The van der Waals surface area contributed by atoms with Gasteiger partial charge >= 0.3 is 0 Å². The van der Waals surface area contributed by atoms with Crippen LogP contribution in [0.3, 0.4) is 0 Å². The van der Waals surface area contributed by atoms with Crippen molar-refractivity contribution in [3.05, 3.63) is 35.4 Å². The van der Waals surface area contributed by atoms with Gasteiger partial charge in [0.1, 0.15) is 5.84 Å². The quantitative estimate of drug-likeness (QED) is 0.462. The van der Waals surface area contributed by atoms with Crippen LogP contribution in [-0.4, -0.2) is 24.7 Å². The number of amidine groups is 1. The van der Waals surface area contributed by atoms with E-state index >= 15 is 0 Å². The van der Waals surface area contributed by atoms with Crippen LogP contribution in [0, 0.1) is 5.41 Å². The maximum Gasteiger partial charge on any atom is 0.123 e. The van der Waals surface area contributed by atoms with Crippen LogP contribution in [0.5, 0.6) is 0 Å². The third-order valence-electron chi connectivity index (χ3n) is 2.33. The third-order valence-corrected chi connectivity index (χ3v) is 2.33. The van der Waals surface area contributed by atoms with E-state index in [4.69, 9.17) is 20.6 Å². The van der Waals surface area contributed by atoms with E-state index in [0.717, 1.165) is 11.1 Å². The van der Waals surface area contributed by atoms with Gasteiger partial charge in [0, 0.05) is 5.56 Å². The monoisotopic (exact) mass is 250 g/mol. The van der Waals surface area contributed by atoms with Gasteiger partial charge in [0.15, 0.2) is 0 Å². The lowest BCUT2D eigenvalue weighted by Crippen LogP contribution is -2.22. The van der Waals surface area contributed by atoms with Crippen LogP contribution in [0.1, 0.15) is 31.9 Å². The normalized spacial score (nSPS) is 11.5. The van der Waals surface area contributed by atoms with Gasteiger partial charge in [0.25, 0.3) is 0 Å². The number of nitrogen functional groups attached to an aromatic ring is 1. The lowest BCUT2D eigenvalue weighted by Gasteiger charge is -2.19. The number of hydrogen-bond acceptors (Lipinski definition) is 3. The van der Waals surface area contributed by atoms with E-state index in [9.17, 15) is 0 Å². The number of hydrogen-bond donors (Lipinski definition) is 2. The number of nitrogens with two attached hydrogens (primary N) is 1. The summed E-state index contributed by atoms with van der Waals surface area (Å²) in [5.74, 6) is 0.0696. The molecule has 0 spiro atoms. The molecule has 0 aromatic heterocycles. The SMILES string of the molecule is CC(C)(C)OCCOCc1ccccc1C(=N)N. The molecular weight excluding hydrogens is 228 g/mol. The van der Waals surface area contributed by atoms with E-state index in [1.807, 2.05) is 45.0 Å². The van der Waals surface area contributed by atoms with E-state index in [-0.39, 0.29) is 11.4 Å². The molecule has 0 saturated carbocycles. The Balaban J connectivity index is 2.38. The molecule has 0 atom stereocenters. The average molecular weight is 250 g/mol. The number of nitrogens with one attached hydrogen (secondary N) is 1. The molecule has 4 heteroatoms. The fourth-order valence-electron chi connectivity index (χ4n) is 1.50. The summed E-state index contributed by atoms with van der Waals surface area (Å²) in [5.41, 5.74) is 7.03. The number of ether oxygens (including phenoxy) is 2. The van der Waals surface area contributed by atoms with Crippen molar-refractivity contribution in [1.29, 1.82) is 5.41 Å². The van der Waals surface area contributed by atoms with E-state index < -0.39 is 0 Å². The highest BCUT2D eigenvalue weighted by molar-refractivity contribution is 5.96. The van der Waals surface area contributed by atoms with Crippen molar-refractivity contribution in [1.82, 2.24) is 0 Å². The van der Waals surface area contributed by atoms with E-state index in [2.05, 4.69) is 0 Å². The van der Waals surface area contributed by atoms with Gasteiger partial charge in [-0.3, -0.25) is 5.41 Å². The number of rotatable bonds is 6. The minimum Gasteiger partial charge on any atom is -0.384 e. The minimum absolute atomic E-state index is 0.0696. The second-order valence-electron chi connectivity index (χ2n) is 5.08. The van der Waals surface area contributed by atoms with Gasteiger partial charge in [-0.25, -0.2) is 0 Å². The minimum atomic E-state index is -0.138. The van der Waals surface area contributed by atoms with Crippen molar-refractivity contribution in [2.45, 2.75) is 33.0 Å². The summed E-state index contributed by atoms with van der Waals surface area (Å²) < 4.78 is 11.1. The molecule has 0 bridgehead atoms. The smallest absolute Gasteiger partial charge is 0.123 e. The lowest BCUT2D eigenvalue weighted by atomic mass is 10.1. The highest BCUT2D eigenvalue weighted by atomic mass is 16.5. The summed E-state index contributed by atoms with van der Waals surface area (Å²) in [4.78, 5) is 0. The molecule has 0 heterocycles. The van der Waals surface area contributed by atoms with Gasteiger partial charge in [-0.2, -0.15) is 0 Å². The summed E-state index contributed by atoms with van der Waals surface area (Å²) in [5, 5.41) is 7.47. The largest absolute Gasteiger partial charge is 0.384 e. The Labute approximate surface area is 109 Å². The van der Waals surface area contributed by atoms with Crippen molar-refractivity contribution < 1.29 is 9.47 Å². The Morgan fingerprint density at radius 1 is 1.22 bits per heavy atom. The van der Waals surface area contributed by atoms with Crippen LogP contribution < -0.4 is 5.73 Å². The summed E-state index contributed by atoms with van der Waals surface area (Å²) in [6.07, 6.45) is 0. The standard InChI is InChI=1S/C14H22N2O2/c1-14(2,3)18-9-8-17-10-11-6-4-5-7-12(11)13(15)16/h4-7H,8-10H2,1-3H3,(H3,15,16). The Hall–Kier alpha value is -1.39. The van der Waals surface area contributed by atoms with Crippen molar-refractivity contribution >= 4 is 5.84 Å². The molecule has 0 aliphatic rings. The average Bonchev–Trinajstić information content (AvgIpc) is 2.27. The van der Waals surface area contributed by atoms with Crippen molar-refractivity contribution in [2.24, 2.45) is 5.73 Å². The first kappa shape index (κ1) is 14.7. The van der Waals surface area contributed by atoms with Crippen LogP contribution in [0.2, 0.25) is 0 Å². The highest BCUT2D eigenvalue weighted by Crippen LogP contribution is 2.10. The molecule has 0 radical (unpaired) electrons. The third kappa shape index (κ3) is 5.29. The topological polar surface area (TPSA) is 68.3 Å². The first-order valence-corrected chi connectivity index (χ1v) is 6.04. The van der Waals surface area contributed by atoms with Gasteiger partial charge < -0.3 is 15.2 Å². The zero-order valence-electron chi connectivity index (χ0n) is 11.3. The zero-order chi connectivity index (χ0) is 13.6. The second-order valence-corrected chi connectivity index (χ2v) is 5.08. The molecule has 1 rings (SSSR count). The molecular formula is C14H22N2O2. The molecule has 18 heavy (non-hydrogen) atoms. The molecule has 1 aromatic rings. The molecule has 0 amide bonds. The van der Waals surface area contributed by atoms with Gasteiger partial charge in [0.2, 0.25) is 0 Å². The van der Waals surface area contributed by atoms with Crippen LogP contribution in [0.15, 0.2) is 24.3 Å². The molecule has 0 saturated heterocycles. The van der Waals surface area contributed by atoms with Crippen LogP contribution >= 0.6 is 0 Å².